The van der Waals surface area contributed by atoms with Crippen molar-refractivity contribution in [2.75, 3.05) is 0 Å². The van der Waals surface area contributed by atoms with Crippen molar-refractivity contribution in [2.45, 2.75) is 25.8 Å². The van der Waals surface area contributed by atoms with Crippen LogP contribution in [0.1, 0.15) is 31.4 Å². The van der Waals surface area contributed by atoms with Crippen molar-refractivity contribution >= 4 is 28.3 Å². The summed E-state index contributed by atoms with van der Waals surface area (Å²) in [5.41, 5.74) is 6.41. The van der Waals surface area contributed by atoms with Crippen LogP contribution in [0.15, 0.2) is 22.7 Å². The standard InChI is InChI=1S/C10H13BrFN.ClH/c1-2-4-9(13)7-5-3-6-8(11)10(7)12;/h3,5-6,9H,2,4,13H2,1H3;1H/t9-;/m1./s1. The fourth-order valence-electron chi connectivity index (χ4n) is 1.27. The molecule has 0 aliphatic carbocycles. The van der Waals surface area contributed by atoms with E-state index in [1.807, 2.05) is 6.92 Å². The van der Waals surface area contributed by atoms with Crippen LogP contribution in [0.5, 0.6) is 0 Å². The molecule has 0 bridgehead atoms. The van der Waals surface area contributed by atoms with Gasteiger partial charge in [0, 0.05) is 11.6 Å². The molecule has 1 aromatic rings. The molecule has 0 aliphatic heterocycles. The van der Waals surface area contributed by atoms with Gasteiger partial charge in [0.05, 0.1) is 4.47 Å². The fourth-order valence-corrected chi connectivity index (χ4v) is 1.65. The first kappa shape index (κ1) is 13.9. The molecule has 1 aromatic carbocycles. The normalized spacial score (nSPS) is 12.0. The SMILES string of the molecule is CCC[C@@H](N)c1cccc(Br)c1F.Cl. The smallest absolute Gasteiger partial charge is 0.142 e. The van der Waals surface area contributed by atoms with Crippen molar-refractivity contribution in [1.82, 2.24) is 0 Å². The number of halogens is 3. The molecule has 2 N–H and O–H groups in total. The quantitative estimate of drug-likeness (QED) is 0.896. The van der Waals surface area contributed by atoms with Crippen LogP contribution in [0.25, 0.3) is 0 Å². The second-order valence-corrected chi connectivity index (χ2v) is 3.89. The average molecular weight is 283 g/mol. The summed E-state index contributed by atoms with van der Waals surface area (Å²) in [6.45, 7) is 2.04. The Morgan fingerprint density at radius 2 is 2.14 bits per heavy atom. The molecule has 0 heterocycles. The Bertz CT molecular complexity index is 293. The molecule has 0 spiro atoms. The lowest BCUT2D eigenvalue weighted by Crippen LogP contribution is -2.11. The number of hydrogen-bond acceptors (Lipinski definition) is 1. The Morgan fingerprint density at radius 1 is 1.50 bits per heavy atom. The molecular formula is C10H14BrClFN. The van der Waals surface area contributed by atoms with Crippen molar-refractivity contribution in [1.29, 1.82) is 0 Å². The molecule has 0 saturated carbocycles. The van der Waals surface area contributed by atoms with Crippen molar-refractivity contribution in [3.63, 3.8) is 0 Å². The third-order valence-electron chi connectivity index (χ3n) is 1.98. The molecule has 0 amide bonds. The molecule has 0 radical (unpaired) electrons. The maximum absolute atomic E-state index is 13.4. The summed E-state index contributed by atoms with van der Waals surface area (Å²) in [5, 5.41) is 0. The van der Waals surface area contributed by atoms with E-state index in [4.69, 9.17) is 5.73 Å². The zero-order valence-electron chi connectivity index (χ0n) is 7.97. The highest BCUT2D eigenvalue weighted by Gasteiger charge is 2.11. The summed E-state index contributed by atoms with van der Waals surface area (Å²) in [5.74, 6) is -0.233. The van der Waals surface area contributed by atoms with E-state index in [1.54, 1.807) is 18.2 Å². The first-order valence-corrected chi connectivity index (χ1v) is 5.15. The van der Waals surface area contributed by atoms with E-state index in [1.165, 1.54) is 0 Å². The number of nitrogens with two attached hydrogens (primary N) is 1. The fraction of sp³-hybridized carbons (Fsp3) is 0.400. The molecule has 0 aliphatic rings. The van der Waals surface area contributed by atoms with Crippen molar-refractivity contribution < 1.29 is 4.39 Å². The van der Waals surface area contributed by atoms with E-state index in [9.17, 15) is 4.39 Å². The molecule has 0 fully saturated rings. The molecule has 0 aromatic heterocycles. The highest BCUT2D eigenvalue weighted by molar-refractivity contribution is 9.10. The van der Waals surface area contributed by atoms with E-state index in [2.05, 4.69) is 15.9 Å². The Hall–Kier alpha value is -0.120. The Labute approximate surface area is 98.4 Å². The Kier molecular flexibility index (Phi) is 6.33. The van der Waals surface area contributed by atoms with Crippen LogP contribution in [0.2, 0.25) is 0 Å². The second-order valence-electron chi connectivity index (χ2n) is 3.04. The predicted octanol–water partition coefficient (Wildman–Crippen LogP) is 3.81. The summed E-state index contributed by atoms with van der Waals surface area (Å²) in [6.07, 6.45) is 1.78. The van der Waals surface area contributed by atoms with Gasteiger partial charge in [-0.3, -0.25) is 0 Å². The minimum absolute atomic E-state index is 0. The first-order chi connectivity index (χ1) is 6.16. The van der Waals surface area contributed by atoms with E-state index in [-0.39, 0.29) is 24.3 Å². The summed E-state index contributed by atoms with van der Waals surface area (Å²) in [4.78, 5) is 0. The van der Waals surface area contributed by atoms with Gasteiger partial charge < -0.3 is 5.73 Å². The topological polar surface area (TPSA) is 26.0 Å². The largest absolute Gasteiger partial charge is 0.324 e. The summed E-state index contributed by atoms with van der Waals surface area (Å²) < 4.78 is 13.9. The molecule has 80 valence electrons. The number of benzene rings is 1. The molecular weight excluding hydrogens is 268 g/mol. The zero-order chi connectivity index (χ0) is 9.84. The van der Waals surface area contributed by atoms with Crippen LogP contribution in [0.3, 0.4) is 0 Å². The van der Waals surface area contributed by atoms with Gasteiger partial charge in [-0.05, 0) is 28.4 Å². The summed E-state index contributed by atoms with van der Waals surface area (Å²) in [7, 11) is 0. The molecule has 1 atom stereocenters. The highest BCUT2D eigenvalue weighted by Crippen LogP contribution is 2.24. The maximum atomic E-state index is 13.4. The lowest BCUT2D eigenvalue weighted by Gasteiger charge is -2.12. The van der Waals surface area contributed by atoms with Gasteiger partial charge >= 0.3 is 0 Å². The van der Waals surface area contributed by atoms with E-state index >= 15 is 0 Å². The molecule has 14 heavy (non-hydrogen) atoms. The van der Waals surface area contributed by atoms with Crippen LogP contribution >= 0.6 is 28.3 Å². The van der Waals surface area contributed by atoms with Crippen molar-refractivity contribution in [3.8, 4) is 0 Å². The molecule has 1 nitrogen and oxygen atoms in total. The van der Waals surface area contributed by atoms with E-state index < -0.39 is 0 Å². The van der Waals surface area contributed by atoms with Crippen LogP contribution < -0.4 is 5.73 Å². The average Bonchev–Trinajstić information content (AvgIpc) is 2.10. The zero-order valence-corrected chi connectivity index (χ0v) is 10.4. The van der Waals surface area contributed by atoms with E-state index in [0.29, 0.717) is 10.0 Å². The summed E-state index contributed by atoms with van der Waals surface area (Å²) in [6, 6.07) is 5.03. The minimum atomic E-state index is -0.233. The van der Waals surface area contributed by atoms with Crippen LogP contribution in [0, 0.1) is 5.82 Å². The Balaban J connectivity index is 0.00000169. The molecule has 1 rings (SSSR count). The van der Waals surface area contributed by atoms with E-state index in [0.717, 1.165) is 12.8 Å². The lowest BCUT2D eigenvalue weighted by atomic mass is 10.0. The van der Waals surface area contributed by atoms with Crippen LogP contribution in [-0.4, -0.2) is 0 Å². The highest BCUT2D eigenvalue weighted by atomic mass is 79.9. The Morgan fingerprint density at radius 3 is 2.71 bits per heavy atom. The molecule has 0 saturated heterocycles. The van der Waals surface area contributed by atoms with Gasteiger partial charge in [-0.2, -0.15) is 0 Å². The molecule has 0 unspecified atom stereocenters. The third kappa shape index (κ3) is 3.23. The number of hydrogen-bond donors (Lipinski definition) is 1. The lowest BCUT2D eigenvalue weighted by molar-refractivity contribution is 0.555. The van der Waals surface area contributed by atoms with Gasteiger partial charge in [-0.25, -0.2) is 4.39 Å². The second kappa shape index (κ2) is 6.38. The first-order valence-electron chi connectivity index (χ1n) is 4.36. The predicted molar refractivity (Wildman–Crippen MR) is 63.2 cm³/mol. The van der Waals surface area contributed by atoms with Crippen LogP contribution in [-0.2, 0) is 0 Å². The van der Waals surface area contributed by atoms with Gasteiger partial charge in [0.1, 0.15) is 5.82 Å². The minimum Gasteiger partial charge on any atom is -0.324 e. The van der Waals surface area contributed by atoms with Gasteiger partial charge in [-0.1, -0.05) is 25.5 Å². The number of rotatable bonds is 3. The molecule has 4 heteroatoms. The van der Waals surface area contributed by atoms with Gasteiger partial charge in [0.25, 0.3) is 0 Å². The van der Waals surface area contributed by atoms with Gasteiger partial charge in [0.15, 0.2) is 0 Å². The summed E-state index contributed by atoms with van der Waals surface area (Å²) >= 11 is 3.13. The third-order valence-corrected chi connectivity index (χ3v) is 2.59. The van der Waals surface area contributed by atoms with Crippen LogP contribution in [0.4, 0.5) is 4.39 Å². The maximum Gasteiger partial charge on any atom is 0.142 e. The van der Waals surface area contributed by atoms with Crippen molar-refractivity contribution in [3.05, 3.63) is 34.1 Å². The monoisotopic (exact) mass is 281 g/mol. The van der Waals surface area contributed by atoms with Gasteiger partial charge in [-0.15, -0.1) is 12.4 Å². The van der Waals surface area contributed by atoms with Crippen molar-refractivity contribution in [2.24, 2.45) is 5.73 Å². The van der Waals surface area contributed by atoms with Gasteiger partial charge in [0.2, 0.25) is 0 Å².